The summed E-state index contributed by atoms with van der Waals surface area (Å²) in [6.07, 6.45) is 0.765. The van der Waals surface area contributed by atoms with Crippen molar-refractivity contribution in [3.8, 4) is 0 Å². The zero-order chi connectivity index (χ0) is 12.4. The molecule has 4 heteroatoms. The Morgan fingerprint density at radius 2 is 2.12 bits per heavy atom. The van der Waals surface area contributed by atoms with Gasteiger partial charge in [-0.15, -0.1) is 0 Å². The second-order valence-corrected chi connectivity index (χ2v) is 5.82. The number of hydrogen-bond acceptors (Lipinski definition) is 2. The van der Waals surface area contributed by atoms with E-state index < -0.39 is 5.97 Å². The molecular weight excluding hydrogens is 329 g/mol. The van der Waals surface area contributed by atoms with E-state index in [2.05, 4.69) is 51.8 Å². The Balaban J connectivity index is 2.01. The van der Waals surface area contributed by atoms with Gasteiger partial charge in [0, 0.05) is 16.2 Å². The number of carboxylic acids is 1. The van der Waals surface area contributed by atoms with Crippen LogP contribution in [0.1, 0.15) is 18.9 Å². The third-order valence-electron chi connectivity index (χ3n) is 3.50. The van der Waals surface area contributed by atoms with Crippen molar-refractivity contribution < 1.29 is 9.90 Å². The number of halogens is 1. The van der Waals surface area contributed by atoms with Crippen molar-refractivity contribution in [3.63, 3.8) is 0 Å². The molecule has 0 saturated carbocycles. The molecular formula is C13H16INO2. The van der Waals surface area contributed by atoms with Gasteiger partial charge in [-0.3, -0.25) is 9.69 Å². The van der Waals surface area contributed by atoms with Crippen LogP contribution in [0.4, 0.5) is 0 Å². The molecule has 2 unspecified atom stereocenters. The van der Waals surface area contributed by atoms with Crippen LogP contribution in [0, 0.1) is 9.49 Å². The molecule has 0 radical (unpaired) electrons. The Kier molecular flexibility index (Phi) is 4.04. The Hall–Kier alpha value is -0.620. The van der Waals surface area contributed by atoms with Crippen LogP contribution in [-0.2, 0) is 11.3 Å². The van der Waals surface area contributed by atoms with Gasteiger partial charge in [0.15, 0.2) is 0 Å². The van der Waals surface area contributed by atoms with Crippen molar-refractivity contribution in [3.05, 3.63) is 33.4 Å². The zero-order valence-corrected chi connectivity index (χ0v) is 11.9. The lowest BCUT2D eigenvalue weighted by Gasteiger charge is -2.22. The van der Waals surface area contributed by atoms with E-state index in [-0.39, 0.29) is 12.0 Å². The molecule has 2 atom stereocenters. The van der Waals surface area contributed by atoms with Crippen molar-refractivity contribution in [2.75, 3.05) is 6.54 Å². The predicted molar refractivity (Wildman–Crippen MR) is 74.8 cm³/mol. The highest BCUT2D eigenvalue weighted by molar-refractivity contribution is 14.1. The molecule has 0 bridgehead atoms. The first-order valence-electron chi connectivity index (χ1n) is 5.79. The maximum atomic E-state index is 11.0. The van der Waals surface area contributed by atoms with Crippen LogP contribution < -0.4 is 0 Å². The van der Waals surface area contributed by atoms with Crippen molar-refractivity contribution in [1.82, 2.24) is 4.90 Å². The van der Waals surface area contributed by atoms with E-state index in [1.54, 1.807) is 0 Å². The molecule has 0 spiro atoms. The number of likely N-dealkylation sites (tertiary alicyclic amines) is 1. The minimum Gasteiger partial charge on any atom is -0.481 e. The van der Waals surface area contributed by atoms with Gasteiger partial charge in [-0.1, -0.05) is 12.1 Å². The first-order valence-corrected chi connectivity index (χ1v) is 6.87. The van der Waals surface area contributed by atoms with Crippen molar-refractivity contribution in [1.29, 1.82) is 0 Å². The molecule has 92 valence electrons. The van der Waals surface area contributed by atoms with E-state index in [1.807, 2.05) is 6.92 Å². The van der Waals surface area contributed by atoms with Crippen molar-refractivity contribution >= 4 is 28.6 Å². The topological polar surface area (TPSA) is 40.5 Å². The molecule has 1 saturated heterocycles. The first-order chi connectivity index (χ1) is 8.08. The predicted octanol–water partition coefficient (Wildman–Crippen LogP) is 2.59. The number of hydrogen-bond donors (Lipinski definition) is 1. The normalized spacial score (nSPS) is 25.1. The van der Waals surface area contributed by atoms with E-state index in [0.717, 1.165) is 19.5 Å². The van der Waals surface area contributed by atoms with E-state index in [0.29, 0.717) is 0 Å². The molecule has 1 N–H and O–H groups in total. The SMILES string of the molecule is CC1C(C(=O)O)CCN1Cc1ccc(I)cc1. The lowest BCUT2D eigenvalue weighted by Crippen LogP contribution is -2.32. The van der Waals surface area contributed by atoms with Gasteiger partial charge in [0.05, 0.1) is 5.92 Å². The quantitative estimate of drug-likeness (QED) is 0.857. The third-order valence-corrected chi connectivity index (χ3v) is 4.22. The minimum absolute atomic E-state index is 0.131. The Morgan fingerprint density at radius 3 is 2.65 bits per heavy atom. The Bertz CT molecular complexity index is 404. The number of carbonyl (C=O) groups is 1. The summed E-state index contributed by atoms with van der Waals surface area (Å²) in [5.74, 6) is -0.874. The molecule has 1 aliphatic rings. The summed E-state index contributed by atoms with van der Waals surface area (Å²) in [6.45, 7) is 3.74. The maximum absolute atomic E-state index is 11.0. The standard InChI is InChI=1S/C13H16INO2/c1-9-12(13(16)17)6-7-15(9)8-10-2-4-11(14)5-3-10/h2-5,9,12H,6-8H2,1H3,(H,16,17). The molecule has 1 aliphatic heterocycles. The van der Waals surface area contributed by atoms with Gasteiger partial charge < -0.3 is 5.11 Å². The lowest BCUT2D eigenvalue weighted by atomic mass is 10.0. The fourth-order valence-corrected chi connectivity index (χ4v) is 2.74. The summed E-state index contributed by atoms with van der Waals surface area (Å²) in [5.41, 5.74) is 1.25. The highest BCUT2D eigenvalue weighted by Gasteiger charge is 2.35. The van der Waals surface area contributed by atoms with Gasteiger partial charge in [0.25, 0.3) is 0 Å². The largest absolute Gasteiger partial charge is 0.481 e. The summed E-state index contributed by atoms with van der Waals surface area (Å²) < 4.78 is 1.23. The fraction of sp³-hybridized carbons (Fsp3) is 0.462. The highest BCUT2D eigenvalue weighted by Crippen LogP contribution is 2.26. The van der Waals surface area contributed by atoms with Crippen molar-refractivity contribution in [2.45, 2.75) is 25.9 Å². The molecule has 3 nitrogen and oxygen atoms in total. The fourth-order valence-electron chi connectivity index (χ4n) is 2.38. The average molecular weight is 345 g/mol. The van der Waals surface area contributed by atoms with Gasteiger partial charge in [0.1, 0.15) is 0 Å². The number of nitrogens with zero attached hydrogens (tertiary/aromatic N) is 1. The molecule has 1 aromatic rings. The van der Waals surface area contributed by atoms with Crippen LogP contribution in [0.2, 0.25) is 0 Å². The zero-order valence-electron chi connectivity index (χ0n) is 9.77. The van der Waals surface area contributed by atoms with Crippen LogP contribution in [0.3, 0.4) is 0 Å². The molecule has 0 aromatic heterocycles. The van der Waals surface area contributed by atoms with Crippen LogP contribution >= 0.6 is 22.6 Å². The van der Waals surface area contributed by atoms with E-state index >= 15 is 0 Å². The molecule has 1 fully saturated rings. The number of benzene rings is 1. The molecule has 2 rings (SSSR count). The monoisotopic (exact) mass is 345 g/mol. The maximum Gasteiger partial charge on any atom is 0.308 e. The molecule has 0 amide bonds. The summed E-state index contributed by atoms with van der Waals surface area (Å²) in [7, 11) is 0. The van der Waals surface area contributed by atoms with Gasteiger partial charge in [-0.2, -0.15) is 0 Å². The summed E-state index contributed by atoms with van der Waals surface area (Å²) in [6, 6.07) is 8.54. The van der Waals surface area contributed by atoms with Gasteiger partial charge in [-0.25, -0.2) is 0 Å². The summed E-state index contributed by atoms with van der Waals surface area (Å²) >= 11 is 2.29. The number of rotatable bonds is 3. The first kappa shape index (κ1) is 12.8. The van der Waals surface area contributed by atoms with Gasteiger partial charge >= 0.3 is 5.97 Å². The minimum atomic E-state index is -0.664. The van der Waals surface area contributed by atoms with E-state index in [1.165, 1.54) is 9.13 Å². The Labute approximate surface area is 115 Å². The van der Waals surface area contributed by atoms with Gasteiger partial charge in [0.2, 0.25) is 0 Å². The average Bonchev–Trinajstić information content (AvgIpc) is 2.64. The van der Waals surface area contributed by atoms with E-state index in [9.17, 15) is 4.79 Å². The van der Waals surface area contributed by atoms with Crippen LogP contribution in [0.25, 0.3) is 0 Å². The van der Waals surface area contributed by atoms with Crippen LogP contribution in [-0.4, -0.2) is 28.6 Å². The Morgan fingerprint density at radius 1 is 1.47 bits per heavy atom. The number of aliphatic carboxylic acids is 1. The second-order valence-electron chi connectivity index (χ2n) is 4.57. The number of carboxylic acid groups (broad SMARTS) is 1. The second kappa shape index (κ2) is 5.35. The summed E-state index contributed by atoms with van der Waals surface area (Å²) in [4.78, 5) is 13.3. The molecule has 1 heterocycles. The lowest BCUT2D eigenvalue weighted by molar-refractivity contribution is -0.142. The van der Waals surface area contributed by atoms with Gasteiger partial charge in [-0.05, 0) is 60.2 Å². The molecule has 1 aromatic carbocycles. The van der Waals surface area contributed by atoms with Crippen LogP contribution in [0.15, 0.2) is 24.3 Å². The third kappa shape index (κ3) is 2.98. The highest BCUT2D eigenvalue weighted by atomic mass is 127. The molecule has 17 heavy (non-hydrogen) atoms. The van der Waals surface area contributed by atoms with E-state index in [4.69, 9.17) is 5.11 Å². The molecule has 0 aliphatic carbocycles. The van der Waals surface area contributed by atoms with Crippen molar-refractivity contribution in [2.24, 2.45) is 5.92 Å². The smallest absolute Gasteiger partial charge is 0.308 e. The van der Waals surface area contributed by atoms with Crippen LogP contribution in [0.5, 0.6) is 0 Å². The summed E-state index contributed by atoms with van der Waals surface area (Å²) in [5, 5.41) is 9.08.